The zero-order valence-corrected chi connectivity index (χ0v) is 17.6. The lowest BCUT2D eigenvalue weighted by molar-refractivity contribution is -0.165. The molecule has 1 aliphatic heterocycles. The van der Waals surface area contributed by atoms with Crippen molar-refractivity contribution in [1.82, 2.24) is 5.06 Å². The summed E-state index contributed by atoms with van der Waals surface area (Å²) in [7, 11) is -2.28. The zero-order valence-electron chi connectivity index (χ0n) is 16.8. The van der Waals surface area contributed by atoms with Crippen LogP contribution in [0.4, 0.5) is 0 Å². The van der Waals surface area contributed by atoms with E-state index in [-0.39, 0.29) is 34.7 Å². The Hall–Kier alpha value is -1.48. The summed E-state index contributed by atoms with van der Waals surface area (Å²) in [5.41, 5.74) is 0.209. The highest BCUT2D eigenvalue weighted by Crippen LogP contribution is 2.72. The molecule has 2 saturated carbocycles. The third kappa shape index (κ3) is 3.63. The number of hydrogen-bond acceptors (Lipinski definition) is 7. The number of hydroxylamine groups is 2. The molecule has 0 radical (unpaired) electrons. The minimum absolute atomic E-state index is 0.00829. The fraction of sp³-hybridized carbons (Fsp3) is 0.833. The van der Waals surface area contributed by atoms with Crippen LogP contribution in [0.15, 0.2) is 0 Å². The molecule has 0 aromatic carbocycles. The summed E-state index contributed by atoms with van der Waals surface area (Å²) in [6, 6.07) is 0. The molecule has 0 aromatic rings. The molecule has 4 atom stereocenters. The maximum Gasteiger partial charge on any atom is 0.312 e. The lowest BCUT2D eigenvalue weighted by Gasteiger charge is -2.45. The van der Waals surface area contributed by atoms with Crippen molar-refractivity contribution in [1.29, 1.82) is 0 Å². The number of nitrogens with zero attached hydrogens (tertiary/aromatic N) is 1. The summed E-state index contributed by atoms with van der Waals surface area (Å²) < 4.78 is 30.2. The predicted molar refractivity (Wildman–Crippen MR) is 96.4 cm³/mol. The lowest BCUT2D eigenvalue weighted by Crippen LogP contribution is -2.47. The molecule has 8 nitrogen and oxygen atoms in total. The van der Waals surface area contributed by atoms with Crippen LogP contribution in [0.25, 0.3) is 0 Å². The highest BCUT2D eigenvalue weighted by molar-refractivity contribution is 7.85. The van der Waals surface area contributed by atoms with E-state index in [9.17, 15) is 22.8 Å². The first-order valence-electron chi connectivity index (χ1n) is 9.04. The summed E-state index contributed by atoms with van der Waals surface area (Å²) in [6.07, 6.45) is 4.39. The highest BCUT2D eigenvalue weighted by atomic mass is 32.2. The van der Waals surface area contributed by atoms with Crippen LogP contribution >= 0.6 is 0 Å². The van der Waals surface area contributed by atoms with Crippen LogP contribution in [0.2, 0.25) is 0 Å². The number of carbonyl (C=O) groups is 3. The number of rotatable bonds is 3. The lowest BCUT2D eigenvalue weighted by atomic mass is 9.58. The van der Waals surface area contributed by atoms with Crippen LogP contribution in [0.1, 0.15) is 59.8 Å². The summed E-state index contributed by atoms with van der Waals surface area (Å²) in [5, 5.41) is 0.287. The Bertz CT molecular complexity index is 748. The Morgan fingerprint density at radius 2 is 1.63 bits per heavy atom. The summed E-state index contributed by atoms with van der Waals surface area (Å²) in [5.74, 6) is -0.826. The molecule has 0 spiro atoms. The first kappa shape index (κ1) is 21.8. The van der Waals surface area contributed by atoms with Gasteiger partial charge in [0.2, 0.25) is 0 Å². The van der Waals surface area contributed by atoms with E-state index in [1.54, 1.807) is 0 Å². The Labute approximate surface area is 160 Å². The fourth-order valence-corrected chi connectivity index (χ4v) is 5.51. The Morgan fingerprint density at radius 1 is 1.11 bits per heavy atom. The molecule has 1 heterocycles. The van der Waals surface area contributed by atoms with E-state index in [0.29, 0.717) is 11.3 Å². The van der Waals surface area contributed by atoms with Crippen molar-refractivity contribution in [2.75, 3.05) is 13.4 Å². The van der Waals surface area contributed by atoms with Crippen molar-refractivity contribution in [3.8, 4) is 0 Å². The number of fused-ring (bicyclic) bond motifs is 2. The van der Waals surface area contributed by atoms with Gasteiger partial charge in [0.25, 0.3) is 21.9 Å². The number of ether oxygens (including phenoxy) is 1. The summed E-state index contributed by atoms with van der Waals surface area (Å²) >= 11 is 0. The molecule has 2 bridgehead atoms. The van der Waals surface area contributed by atoms with Crippen molar-refractivity contribution in [3.05, 3.63) is 0 Å². The van der Waals surface area contributed by atoms with Crippen LogP contribution < -0.4 is 0 Å². The van der Waals surface area contributed by atoms with E-state index in [4.69, 9.17) is 4.74 Å². The molecule has 2 aliphatic carbocycles. The molecule has 0 aromatic heterocycles. The van der Waals surface area contributed by atoms with Gasteiger partial charge in [-0.05, 0) is 42.9 Å². The molecule has 0 N–H and O–H groups in total. The van der Waals surface area contributed by atoms with Crippen molar-refractivity contribution >= 4 is 27.9 Å². The molecule has 1 saturated heterocycles. The third-order valence-corrected chi connectivity index (χ3v) is 7.45. The molecule has 9 heteroatoms. The molecule has 27 heavy (non-hydrogen) atoms. The summed E-state index contributed by atoms with van der Waals surface area (Å²) in [6.45, 7) is 8.92. The normalized spacial score (nSPS) is 38.0. The second-order valence-corrected chi connectivity index (χ2v) is 10.2. The van der Waals surface area contributed by atoms with Gasteiger partial charge in [-0.2, -0.15) is 8.42 Å². The van der Waals surface area contributed by atoms with E-state index in [2.05, 4.69) is 32.0 Å². The molecular weight excluding hydrogens is 374 g/mol. The maximum absolute atomic E-state index is 12.1. The number of esters is 1. The largest absolute Gasteiger partial charge is 0.469 e. The number of hydrogen-bond donors (Lipinski definition) is 0. The number of amides is 2. The second kappa shape index (κ2) is 6.84. The van der Waals surface area contributed by atoms with Gasteiger partial charge in [-0.1, -0.05) is 20.8 Å². The summed E-state index contributed by atoms with van der Waals surface area (Å²) in [4.78, 5) is 33.6. The first-order chi connectivity index (χ1) is 12.2. The van der Waals surface area contributed by atoms with Crippen molar-refractivity contribution < 1.29 is 31.8 Å². The van der Waals surface area contributed by atoms with E-state index < -0.39 is 21.9 Å². The number of imide groups is 1. The van der Waals surface area contributed by atoms with Gasteiger partial charge >= 0.3 is 5.97 Å². The topological polar surface area (TPSA) is 107 Å². The Kier molecular flexibility index (Phi) is 5.53. The van der Waals surface area contributed by atoms with Crippen LogP contribution in [-0.4, -0.2) is 44.6 Å². The minimum atomic E-state index is -3.79. The van der Waals surface area contributed by atoms with E-state index in [1.165, 1.54) is 26.4 Å². The monoisotopic (exact) mass is 403 g/mol. The smallest absolute Gasteiger partial charge is 0.312 e. The van der Waals surface area contributed by atoms with E-state index in [1.807, 2.05) is 0 Å². The van der Waals surface area contributed by atoms with Crippen LogP contribution in [0.5, 0.6) is 0 Å². The van der Waals surface area contributed by atoms with Gasteiger partial charge < -0.3 is 4.74 Å². The van der Waals surface area contributed by atoms with Crippen LogP contribution in [0.3, 0.4) is 0 Å². The zero-order chi connectivity index (χ0) is 20.8. The second-order valence-electron chi connectivity index (χ2n) is 8.67. The van der Waals surface area contributed by atoms with Gasteiger partial charge in [-0.25, -0.2) is 0 Å². The van der Waals surface area contributed by atoms with Gasteiger partial charge in [0.05, 0.1) is 18.8 Å². The quantitative estimate of drug-likeness (QED) is 0.524. The molecule has 3 fully saturated rings. The molecule has 3 rings (SSSR count). The SMILES string of the molecule is COC(=O)C1(C)C(C)C2(C)CCC1(C)C2.CS(=O)(=O)ON1C(=O)CCC1=O. The van der Waals surface area contributed by atoms with Gasteiger partial charge in [-0.15, -0.1) is 9.35 Å². The van der Waals surface area contributed by atoms with Crippen molar-refractivity contribution in [3.63, 3.8) is 0 Å². The van der Waals surface area contributed by atoms with Crippen LogP contribution in [0, 0.1) is 22.2 Å². The van der Waals surface area contributed by atoms with E-state index in [0.717, 1.165) is 6.26 Å². The average Bonchev–Trinajstić information content (AvgIpc) is 3.11. The molecule has 4 unspecified atom stereocenters. The standard InChI is InChI=1S/C13H22O2.C5H7NO5S/c1-9-11(2)6-7-12(3,8-11)13(9,4)10(14)15-5;1-12(9,10)11-6-4(7)2-3-5(6)8/h9H,6-8H2,1-5H3;2-3H2,1H3. The van der Waals surface area contributed by atoms with Crippen molar-refractivity contribution in [2.45, 2.75) is 59.8 Å². The molecule has 3 aliphatic rings. The number of methoxy groups -OCH3 is 1. The van der Waals surface area contributed by atoms with E-state index >= 15 is 0 Å². The maximum atomic E-state index is 12.1. The third-order valence-electron chi connectivity index (χ3n) is 7.03. The molecular formula is C18H29NO7S. The molecule has 154 valence electrons. The Morgan fingerprint density at radius 3 is 2.00 bits per heavy atom. The Balaban J connectivity index is 0.000000199. The first-order valence-corrected chi connectivity index (χ1v) is 10.9. The minimum Gasteiger partial charge on any atom is -0.469 e. The van der Waals surface area contributed by atoms with Gasteiger partial charge in [0, 0.05) is 12.8 Å². The van der Waals surface area contributed by atoms with Gasteiger partial charge in [-0.3, -0.25) is 14.4 Å². The number of carbonyl (C=O) groups excluding carboxylic acids is 3. The van der Waals surface area contributed by atoms with Crippen LogP contribution in [-0.2, 0) is 33.5 Å². The van der Waals surface area contributed by atoms with Gasteiger partial charge in [0.15, 0.2) is 0 Å². The van der Waals surface area contributed by atoms with Gasteiger partial charge in [0.1, 0.15) is 0 Å². The average molecular weight is 403 g/mol. The predicted octanol–water partition coefficient (Wildman–Crippen LogP) is 2.04. The molecule has 2 amide bonds. The highest BCUT2D eigenvalue weighted by Gasteiger charge is 2.69. The van der Waals surface area contributed by atoms with Crippen molar-refractivity contribution in [2.24, 2.45) is 22.2 Å². The fourth-order valence-electron chi connectivity index (χ4n) is 5.07.